The Morgan fingerprint density at radius 2 is 2.00 bits per heavy atom. The molecule has 156 valence electrons. The Kier molecular flexibility index (Phi) is 7.32. The Morgan fingerprint density at radius 3 is 2.71 bits per heavy atom. The zero-order valence-corrected chi connectivity index (χ0v) is 17.7. The Morgan fingerprint density at radius 1 is 1.21 bits per heavy atom. The van der Waals surface area contributed by atoms with Gasteiger partial charge in [-0.2, -0.15) is 0 Å². The number of nitrogens with one attached hydrogen (secondary N) is 1. The molecule has 28 heavy (non-hydrogen) atoms. The molecule has 0 spiro atoms. The van der Waals surface area contributed by atoms with Crippen LogP contribution in [0.3, 0.4) is 0 Å². The van der Waals surface area contributed by atoms with Gasteiger partial charge >= 0.3 is 0 Å². The first-order valence-corrected chi connectivity index (χ1v) is 10.4. The van der Waals surface area contributed by atoms with Crippen LogP contribution in [0.25, 0.3) is 0 Å². The zero-order valence-electron chi connectivity index (χ0n) is 17.7. The van der Waals surface area contributed by atoms with Crippen molar-refractivity contribution in [1.29, 1.82) is 0 Å². The first kappa shape index (κ1) is 21.1. The van der Waals surface area contributed by atoms with Crippen LogP contribution in [-0.4, -0.2) is 62.0 Å². The van der Waals surface area contributed by atoms with Gasteiger partial charge in [-0.1, -0.05) is 24.3 Å². The van der Waals surface area contributed by atoms with Crippen molar-refractivity contribution in [3.8, 4) is 0 Å². The van der Waals surface area contributed by atoms with E-state index in [1.807, 2.05) is 7.05 Å². The molecule has 2 saturated heterocycles. The van der Waals surface area contributed by atoms with Crippen molar-refractivity contribution in [2.24, 2.45) is 4.99 Å². The van der Waals surface area contributed by atoms with Crippen LogP contribution in [0.4, 0.5) is 0 Å². The minimum atomic E-state index is -0.133. The molecule has 2 atom stereocenters. The number of ether oxygens (including phenoxy) is 3. The standard InChI is InChI=1S/C22H35N3O3/c1-22(2,3)28-16-18-8-5-7-17(13-18)14-24-21(23-4)25-10-12-27-20(15-25)19-9-6-11-26-19/h5,7-8,13,19-20H,6,9-12,14-16H2,1-4H3,(H,23,24). The van der Waals surface area contributed by atoms with E-state index in [9.17, 15) is 0 Å². The first-order valence-electron chi connectivity index (χ1n) is 10.4. The van der Waals surface area contributed by atoms with Crippen molar-refractivity contribution in [3.05, 3.63) is 35.4 Å². The third-order valence-corrected chi connectivity index (χ3v) is 5.10. The van der Waals surface area contributed by atoms with E-state index in [1.165, 1.54) is 11.1 Å². The second-order valence-corrected chi connectivity index (χ2v) is 8.53. The van der Waals surface area contributed by atoms with Gasteiger partial charge in [0.2, 0.25) is 0 Å². The highest BCUT2D eigenvalue weighted by Crippen LogP contribution is 2.21. The maximum absolute atomic E-state index is 5.96. The lowest BCUT2D eigenvalue weighted by atomic mass is 10.1. The third-order valence-electron chi connectivity index (χ3n) is 5.10. The van der Waals surface area contributed by atoms with Crippen molar-refractivity contribution >= 4 is 5.96 Å². The molecule has 2 aliphatic heterocycles. The van der Waals surface area contributed by atoms with E-state index in [0.29, 0.717) is 13.2 Å². The van der Waals surface area contributed by atoms with Crippen LogP contribution in [-0.2, 0) is 27.4 Å². The second-order valence-electron chi connectivity index (χ2n) is 8.53. The van der Waals surface area contributed by atoms with E-state index >= 15 is 0 Å². The van der Waals surface area contributed by atoms with Crippen molar-refractivity contribution < 1.29 is 14.2 Å². The summed E-state index contributed by atoms with van der Waals surface area (Å²) in [6.07, 6.45) is 2.58. The third kappa shape index (κ3) is 6.19. The van der Waals surface area contributed by atoms with Crippen LogP contribution in [0, 0.1) is 0 Å². The van der Waals surface area contributed by atoms with E-state index in [1.54, 1.807) is 0 Å². The van der Waals surface area contributed by atoms with Crippen LogP contribution >= 0.6 is 0 Å². The van der Waals surface area contributed by atoms with E-state index in [4.69, 9.17) is 14.2 Å². The summed E-state index contributed by atoms with van der Waals surface area (Å²) in [4.78, 5) is 6.77. The van der Waals surface area contributed by atoms with Crippen molar-refractivity contribution in [1.82, 2.24) is 10.2 Å². The maximum atomic E-state index is 5.96. The molecule has 0 bridgehead atoms. The molecule has 2 heterocycles. The summed E-state index contributed by atoms with van der Waals surface area (Å²) in [5, 5.41) is 3.50. The molecule has 2 aliphatic rings. The van der Waals surface area contributed by atoms with E-state index < -0.39 is 0 Å². The quantitative estimate of drug-likeness (QED) is 0.620. The fraction of sp³-hybridized carbons (Fsp3) is 0.682. The molecule has 0 radical (unpaired) electrons. The molecule has 1 aromatic rings. The second kappa shape index (κ2) is 9.72. The summed E-state index contributed by atoms with van der Waals surface area (Å²) in [6, 6.07) is 8.53. The lowest BCUT2D eigenvalue weighted by Crippen LogP contribution is -2.53. The smallest absolute Gasteiger partial charge is 0.194 e. The minimum absolute atomic E-state index is 0.132. The summed E-state index contributed by atoms with van der Waals surface area (Å²) in [5.41, 5.74) is 2.28. The van der Waals surface area contributed by atoms with Crippen LogP contribution < -0.4 is 5.32 Å². The molecule has 3 rings (SSSR count). The molecule has 6 nitrogen and oxygen atoms in total. The average molecular weight is 390 g/mol. The number of nitrogens with zero attached hydrogens (tertiary/aromatic N) is 2. The Bertz CT molecular complexity index is 651. The van der Waals surface area contributed by atoms with Gasteiger partial charge in [0.25, 0.3) is 0 Å². The summed E-state index contributed by atoms with van der Waals surface area (Å²) in [7, 11) is 1.84. The lowest BCUT2D eigenvalue weighted by Gasteiger charge is -2.37. The van der Waals surface area contributed by atoms with Crippen LogP contribution in [0.5, 0.6) is 0 Å². The number of hydrogen-bond acceptors (Lipinski definition) is 4. The lowest BCUT2D eigenvalue weighted by molar-refractivity contribution is -0.0817. The average Bonchev–Trinajstić information content (AvgIpc) is 3.22. The highest BCUT2D eigenvalue weighted by Gasteiger charge is 2.32. The highest BCUT2D eigenvalue weighted by molar-refractivity contribution is 5.80. The van der Waals surface area contributed by atoms with Crippen molar-refractivity contribution in [2.45, 2.75) is 64.6 Å². The van der Waals surface area contributed by atoms with E-state index in [-0.39, 0.29) is 17.8 Å². The summed E-state index contributed by atoms with van der Waals surface area (Å²) in [6.45, 7) is 10.8. The van der Waals surface area contributed by atoms with Gasteiger partial charge in [-0.15, -0.1) is 0 Å². The number of aliphatic imine (C=N–C) groups is 1. The SMILES string of the molecule is CN=C(NCc1cccc(COC(C)(C)C)c1)N1CCOC(C2CCCO2)C1. The van der Waals surface area contributed by atoms with Crippen LogP contribution in [0.15, 0.2) is 29.3 Å². The number of morpholine rings is 1. The Hall–Kier alpha value is -1.63. The molecular formula is C22H35N3O3. The number of hydrogen-bond donors (Lipinski definition) is 1. The van der Waals surface area contributed by atoms with E-state index in [2.05, 4.69) is 60.2 Å². The molecule has 1 N–H and O–H groups in total. The predicted octanol–water partition coefficient (Wildman–Crippen LogP) is 2.96. The molecule has 0 aliphatic carbocycles. The molecule has 2 fully saturated rings. The molecule has 6 heteroatoms. The molecule has 0 aromatic heterocycles. The maximum Gasteiger partial charge on any atom is 0.194 e. The Labute approximate surface area is 169 Å². The molecule has 0 amide bonds. The van der Waals surface area contributed by atoms with E-state index in [0.717, 1.165) is 45.0 Å². The van der Waals surface area contributed by atoms with Crippen LogP contribution in [0.2, 0.25) is 0 Å². The van der Waals surface area contributed by atoms with Gasteiger partial charge in [0.15, 0.2) is 5.96 Å². The van der Waals surface area contributed by atoms with Crippen LogP contribution in [0.1, 0.15) is 44.7 Å². The van der Waals surface area contributed by atoms with Gasteiger partial charge in [-0.05, 0) is 44.7 Å². The van der Waals surface area contributed by atoms with Gasteiger partial charge in [0.05, 0.1) is 24.9 Å². The van der Waals surface area contributed by atoms with Gasteiger partial charge in [0, 0.05) is 33.3 Å². The Balaban J connectivity index is 1.53. The molecule has 2 unspecified atom stereocenters. The molecule has 0 saturated carbocycles. The normalized spacial score (nSPS) is 23.9. The van der Waals surface area contributed by atoms with Gasteiger partial charge in [-0.25, -0.2) is 0 Å². The fourth-order valence-electron chi connectivity index (χ4n) is 3.63. The van der Waals surface area contributed by atoms with Crippen molar-refractivity contribution in [2.75, 3.05) is 33.4 Å². The number of benzene rings is 1. The highest BCUT2D eigenvalue weighted by atomic mass is 16.5. The largest absolute Gasteiger partial charge is 0.375 e. The number of rotatable bonds is 5. The number of guanidine groups is 1. The molecule has 1 aromatic carbocycles. The van der Waals surface area contributed by atoms with Gasteiger partial charge in [-0.3, -0.25) is 4.99 Å². The summed E-state index contributed by atoms with van der Waals surface area (Å²) >= 11 is 0. The first-order chi connectivity index (χ1) is 13.4. The monoisotopic (exact) mass is 389 g/mol. The predicted molar refractivity (Wildman–Crippen MR) is 111 cm³/mol. The fourth-order valence-corrected chi connectivity index (χ4v) is 3.63. The molecular weight excluding hydrogens is 354 g/mol. The summed E-state index contributed by atoms with van der Waals surface area (Å²) in [5.74, 6) is 0.919. The van der Waals surface area contributed by atoms with Crippen molar-refractivity contribution in [3.63, 3.8) is 0 Å². The zero-order chi connectivity index (χ0) is 20.0. The van der Waals surface area contributed by atoms with Gasteiger partial charge in [0.1, 0.15) is 6.10 Å². The topological polar surface area (TPSA) is 55.3 Å². The summed E-state index contributed by atoms with van der Waals surface area (Å²) < 4.78 is 17.7. The minimum Gasteiger partial charge on any atom is -0.375 e. The van der Waals surface area contributed by atoms with Gasteiger partial charge < -0.3 is 24.4 Å².